The summed E-state index contributed by atoms with van der Waals surface area (Å²) in [4.78, 5) is 0. The summed E-state index contributed by atoms with van der Waals surface area (Å²) in [6.07, 6.45) is 0. The van der Waals surface area contributed by atoms with Gasteiger partial charge in [-0.2, -0.15) is 0 Å². The van der Waals surface area contributed by atoms with Gasteiger partial charge in [-0.15, -0.1) is 0 Å². The van der Waals surface area contributed by atoms with Crippen molar-refractivity contribution >= 4 is 44.6 Å². The van der Waals surface area contributed by atoms with E-state index >= 15 is 0 Å². The van der Waals surface area contributed by atoms with E-state index in [1.54, 1.807) is 18.2 Å². The third-order valence-electron chi connectivity index (χ3n) is 2.25. The van der Waals surface area contributed by atoms with E-state index < -0.39 is 11.6 Å². The number of halogens is 4. The molecule has 0 aliphatic carbocycles. The first-order valence-electron chi connectivity index (χ1n) is 4.94. The molecule has 3 N–H and O–H groups in total. The van der Waals surface area contributed by atoms with Gasteiger partial charge in [0.25, 0.3) is 0 Å². The largest absolute Gasteiger partial charge is 0.399 e. The van der Waals surface area contributed by atoms with Crippen molar-refractivity contribution in [2.24, 2.45) is 0 Å². The molecule has 0 aliphatic rings. The van der Waals surface area contributed by atoms with E-state index in [1.807, 2.05) is 0 Å². The maximum Gasteiger partial charge on any atom is 0.151 e. The summed E-state index contributed by atoms with van der Waals surface area (Å²) < 4.78 is 27.8. The van der Waals surface area contributed by atoms with Gasteiger partial charge in [-0.25, -0.2) is 8.78 Å². The normalized spacial score (nSPS) is 10.4. The van der Waals surface area contributed by atoms with E-state index in [0.29, 0.717) is 15.2 Å². The second-order valence-corrected chi connectivity index (χ2v) is 4.87. The molecule has 0 heterocycles. The summed E-state index contributed by atoms with van der Waals surface area (Å²) in [5.41, 5.74) is 5.58. The van der Waals surface area contributed by atoms with Crippen LogP contribution < -0.4 is 11.1 Å². The predicted octanol–water partition coefficient (Wildman–Crippen LogP) is 4.71. The topological polar surface area (TPSA) is 38.0 Å². The van der Waals surface area contributed by atoms with Crippen molar-refractivity contribution in [3.05, 3.63) is 51.5 Å². The van der Waals surface area contributed by atoms with E-state index in [2.05, 4.69) is 21.2 Å². The monoisotopic (exact) mass is 332 g/mol. The molecule has 94 valence electrons. The Bertz CT molecular complexity index is 582. The Labute approximate surface area is 116 Å². The molecule has 0 saturated carbocycles. The summed E-state index contributed by atoms with van der Waals surface area (Å²) in [6, 6.07) is 6.97. The highest BCUT2D eigenvalue weighted by Gasteiger charge is 2.11. The molecule has 0 bridgehead atoms. The van der Waals surface area contributed by atoms with Crippen LogP contribution in [-0.4, -0.2) is 0 Å². The van der Waals surface area contributed by atoms with Gasteiger partial charge in [0.2, 0.25) is 0 Å². The van der Waals surface area contributed by atoms with E-state index in [9.17, 15) is 8.78 Å². The van der Waals surface area contributed by atoms with E-state index in [4.69, 9.17) is 17.3 Å². The number of hydrogen-bond acceptors (Lipinski definition) is 2. The Kier molecular flexibility index (Phi) is 3.73. The Morgan fingerprint density at radius 1 is 1.11 bits per heavy atom. The summed E-state index contributed by atoms with van der Waals surface area (Å²) >= 11 is 9.12. The van der Waals surface area contributed by atoms with Crippen molar-refractivity contribution in [2.75, 3.05) is 11.1 Å². The summed E-state index contributed by atoms with van der Waals surface area (Å²) in [5.74, 6) is -1.52. The fraction of sp³-hybridized carbons (Fsp3) is 0. The molecule has 18 heavy (non-hydrogen) atoms. The molecule has 0 radical (unpaired) electrons. The van der Waals surface area contributed by atoms with Gasteiger partial charge in [0.05, 0.1) is 5.02 Å². The third-order valence-corrected chi connectivity index (χ3v) is 3.49. The summed E-state index contributed by atoms with van der Waals surface area (Å²) in [7, 11) is 0. The summed E-state index contributed by atoms with van der Waals surface area (Å²) in [6.45, 7) is 0. The molecule has 0 unspecified atom stereocenters. The van der Waals surface area contributed by atoms with Crippen LogP contribution in [0.2, 0.25) is 5.02 Å². The van der Waals surface area contributed by atoms with E-state index in [-0.39, 0.29) is 11.4 Å². The van der Waals surface area contributed by atoms with Gasteiger partial charge in [-0.3, -0.25) is 0 Å². The molecule has 0 atom stereocenters. The molecule has 2 aromatic carbocycles. The minimum Gasteiger partial charge on any atom is -0.399 e. The first-order valence-corrected chi connectivity index (χ1v) is 6.11. The Balaban J connectivity index is 2.37. The molecule has 0 fully saturated rings. The fourth-order valence-corrected chi connectivity index (χ4v) is 1.86. The zero-order valence-electron chi connectivity index (χ0n) is 8.98. The lowest BCUT2D eigenvalue weighted by molar-refractivity contribution is 0.592. The number of nitrogen functional groups attached to an aromatic ring is 1. The highest BCUT2D eigenvalue weighted by molar-refractivity contribution is 9.10. The summed E-state index contributed by atoms with van der Waals surface area (Å²) in [5, 5.41) is 3.07. The molecular formula is C12H8BrClF2N2. The molecule has 0 spiro atoms. The van der Waals surface area contributed by atoms with Crippen LogP contribution in [0.15, 0.2) is 34.8 Å². The minimum atomic E-state index is -0.758. The van der Waals surface area contributed by atoms with Crippen LogP contribution in [0, 0.1) is 11.6 Å². The Morgan fingerprint density at radius 3 is 2.28 bits per heavy atom. The lowest BCUT2D eigenvalue weighted by Crippen LogP contribution is -1.99. The molecule has 0 saturated heterocycles. The van der Waals surface area contributed by atoms with Crippen molar-refractivity contribution < 1.29 is 8.78 Å². The lowest BCUT2D eigenvalue weighted by Gasteiger charge is -2.10. The van der Waals surface area contributed by atoms with Crippen LogP contribution >= 0.6 is 27.5 Å². The second kappa shape index (κ2) is 5.12. The number of nitrogens with one attached hydrogen (secondary N) is 1. The number of anilines is 3. The van der Waals surface area contributed by atoms with E-state index in [1.165, 1.54) is 0 Å². The maximum absolute atomic E-state index is 13.6. The van der Waals surface area contributed by atoms with Crippen LogP contribution in [0.25, 0.3) is 0 Å². The third kappa shape index (κ3) is 2.73. The first kappa shape index (κ1) is 13.1. The van der Waals surface area contributed by atoms with Gasteiger partial charge < -0.3 is 11.1 Å². The van der Waals surface area contributed by atoms with Crippen molar-refractivity contribution in [3.8, 4) is 0 Å². The van der Waals surface area contributed by atoms with E-state index in [0.717, 1.165) is 12.1 Å². The zero-order valence-corrected chi connectivity index (χ0v) is 11.3. The average molecular weight is 334 g/mol. The van der Waals surface area contributed by atoms with Gasteiger partial charge in [-0.1, -0.05) is 11.6 Å². The van der Waals surface area contributed by atoms with Crippen molar-refractivity contribution in [3.63, 3.8) is 0 Å². The maximum atomic E-state index is 13.6. The molecule has 6 heteroatoms. The van der Waals surface area contributed by atoms with Crippen LogP contribution in [0.4, 0.5) is 25.8 Å². The van der Waals surface area contributed by atoms with Crippen molar-refractivity contribution in [2.45, 2.75) is 0 Å². The Hall–Kier alpha value is -1.33. The fourth-order valence-electron chi connectivity index (χ4n) is 1.43. The van der Waals surface area contributed by atoms with Crippen LogP contribution in [0.3, 0.4) is 0 Å². The van der Waals surface area contributed by atoms with Gasteiger partial charge in [0.1, 0.15) is 5.69 Å². The average Bonchev–Trinajstić information content (AvgIpc) is 2.28. The molecule has 0 aromatic heterocycles. The van der Waals surface area contributed by atoms with Gasteiger partial charge in [0, 0.05) is 15.8 Å². The second-order valence-electron chi connectivity index (χ2n) is 3.61. The molecular weight excluding hydrogens is 325 g/mol. The predicted molar refractivity (Wildman–Crippen MR) is 73.2 cm³/mol. The SMILES string of the molecule is Nc1cc(F)c(Nc2ccc(Br)c(Cl)c2)c(F)c1. The van der Waals surface area contributed by atoms with Crippen molar-refractivity contribution in [1.29, 1.82) is 0 Å². The molecule has 2 nitrogen and oxygen atoms in total. The van der Waals surface area contributed by atoms with Crippen LogP contribution in [-0.2, 0) is 0 Å². The van der Waals surface area contributed by atoms with Crippen LogP contribution in [0.1, 0.15) is 0 Å². The smallest absolute Gasteiger partial charge is 0.151 e. The number of hydrogen-bond donors (Lipinski definition) is 2. The van der Waals surface area contributed by atoms with Gasteiger partial charge in [-0.05, 0) is 46.3 Å². The highest BCUT2D eigenvalue weighted by atomic mass is 79.9. The number of rotatable bonds is 2. The molecule has 2 rings (SSSR count). The molecule has 0 aliphatic heterocycles. The lowest BCUT2D eigenvalue weighted by atomic mass is 10.2. The quantitative estimate of drug-likeness (QED) is 0.781. The van der Waals surface area contributed by atoms with Crippen LogP contribution in [0.5, 0.6) is 0 Å². The first-order chi connectivity index (χ1) is 8.47. The van der Waals surface area contributed by atoms with Gasteiger partial charge in [0.15, 0.2) is 11.6 Å². The van der Waals surface area contributed by atoms with Gasteiger partial charge >= 0.3 is 0 Å². The standard InChI is InChI=1S/C12H8BrClF2N2/c13-8-2-1-7(5-9(8)14)18-12-10(15)3-6(17)4-11(12)16/h1-5,18H,17H2. The molecule has 0 amide bonds. The minimum absolute atomic E-state index is 0.0318. The zero-order chi connectivity index (χ0) is 13.3. The highest BCUT2D eigenvalue weighted by Crippen LogP contribution is 2.30. The number of nitrogens with two attached hydrogens (primary N) is 1. The number of benzene rings is 2. The molecule has 2 aromatic rings. The Morgan fingerprint density at radius 2 is 1.72 bits per heavy atom. The van der Waals surface area contributed by atoms with Crippen molar-refractivity contribution in [1.82, 2.24) is 0 Å².